The highest BCUT2D eigenvalue weighted by molar-refractivity contribution is 6.19. The van der Waals surface area contributed by atoms with E-state index in [-0.39, 0.29) is 0 Å². The number of para-hydroxylation sites is 2. The van der Waals surface area contributed by atoms with E-state index in [0.717, 1.165) is 66.9 Å². The minimum atomic E-state index is 0.898. The van der Waals surface area contributed by atoms with Crippen molar-refractivity contribution in [2.45, 2.75) is 0 Å². The lowest BCUT2D eigenvalue weighted by atomic mass is 9.89. The average molecular weight is 931 g/mol. The summed E-state index contributed by atoms with van der Waals surface area (Å²) in [6.07, 6.45) is 0. The van der Waals surface area contributed by atoms with Crippen LogP contribution in [0.25, 0.3) is 116 Å². The first-order valence-corrected chi connectivity index (χ1v) is 25.0. The number of anilines is 3. The van der Waals surface area contributed by atoms with Crippen LogP contribution < -0.4 is 4.90 Å². The van der Waals surface area contributed by atoms with Crippen LogP contribution in [0.1, 0.15) is 0 Å². The number of rotatable bonds is 9. The minimum Gasteiger partial charge on any atom is -0.456 e. The second-order valence-corrected chi connectivity index (χ2v) is 18.8. The van der Waals surface area contributed by atoms with E-state index in [0.29, 0.717) is 0 Å². The normalized spacial score (nSPS) is 11.6. The molecule has 0 aliphatic heterocycles. The minimum absolute atomic E-state index is 0.898. The van der Waals surface area contributed by atoms with Crippen LogP contribution in [0.4, 0.5) is 17.1 Å². The Morgan fingerprint density at radius 1 is 0.274 bits per heavy atom. The SMILES string of the molecule is c1ccc(-c2ccccc2-c2ccccc2-c2ccc(N(c3ccc(-c4ccc5oc6ccccc6c5c4)cc3)c3ccc(-c4ccc5c6ccc7ccccc7c6n(-c6ccccc6)c5c4)cc3)cc2)cc1. The van der Waals surface area contributed by atoms with Crippen LogP contribution >= 0.6 is 0 Å². The highest BCUT2D eigenvalue weighted by Gasteiger charge is 2.19. The molecule has 73 heavy (non-hydrogen) atoms. The van der Waals surface area contributed by atoms with Gasteiger partial charge in [-0.05, 0) is 134 Å². The molecule has 0 radical (unpaired) electrons. The highest BCUT2D eigenvalue weighted by atomic mass is 16.3. The molecule has 0 bridgehead atoms. The lowest BCUT2D eigenvalue weighted by Gasteiger charge is -2.26. The summed E-state index contributed by atoms with van der Waals surface area (Å²) in [4.78, 5) is 2.36. The molecule has 0 aliphatic rings. The van der Waals surface area contributed by atoms with Gasteiger partial charge in [-0.2, -0.15) is 0 Å². The summed E-state index contributed by atoms with van der Waals surface area (Å²) in [5.74, 6) is 0. The maximum atomic E-state index is 6.18. The van der Waals surface area contributed by atoms with Crippen molar-refractivity contribution in [1.82, 2.24) is 4.57 Å². The zero-order chi connectivity index (χ0) is 48.2. The zero-order valence-corrected chi connectivity index (χ0v) is 39.9. The molecule has 2 heterocycles. The van der Waals surface area contributed by atoms with Gasteiger partial charge in [0.1, 0.15) is 11.2 Å². The lowest BCUT2D eigenvalue weighted by molar-refractivity contribution is 0.669. The topological polar surface area (TPSA) is 21.3 Å². The van der Waals surface area contributed by atoms with Crippen molar-refractivity contribution in [3.05, 3.63) is 279 Å². The fourth-order valence-corrected chi connectivity index (χ4v) is 11.1. The maximum absolute atomic E-state index is 6.18. The maximum Gasteiger partial charge on any atom is 0.135 e. The molecule has 0 aliphatic carbocycles. The van der Waals surface area contributed by atoms with Crippen molar-refractivity contribution in [1.29, 1.82) is 0 Å². The van der Waals surface area contributed by atoms with Crippen LogP contribution in [-0.4, -0.2) is 4.57 Å². The van der Waals surface area contributed by atoms with Crippen molar-refractivity contribution in [2.75, 3.05) is 4.90 Å². The van der Waals surface area contributed by atoms with E-state index in [1.54, 1.807) is 0 Å². The molecule has 0 saturated carbocycles. The van der Waals surface area contributed by atoms with Gasteiger partial charge in [0.15, 0.2) is 0 Å². The average Bonchev–Trinajstić information content (AvgIpc) is 4.02. The Balaban J connectivity index is 0.861. The van der Waals surface area contributed by atoms with E-state index in [2.05, 4.69) is 276 Å². The van der Waals surface area contributed by atoms with Crippen molar-refractivity contribution in [3.8, 4) is 61.3 Å². The van der Waals surface area contributed by atoms with E-state index < -0.39 is 0 Å². The van der Waals surface area contributed by atoms with E-state index >= 15 is 0 Å². The van der Waals surface area contributed by atoms with Crippen molar-refractivity contribution in [3.63, 3.8) is 0 Å². The fraction of sp³-hybridized carbons (Fsp3) is 0. The van der Waals surface area contributed by atoms with Gasteiger partial charge in [-0.25, -0.2) is 0 Å². The van der Waals surface area contributed by atoms with Crippen LogP contribution in [0, 0.1) is 0 Å². The summed E-state index contributed by atoms with van der Waals surface area (Å²) in [5, 5.41) is 7.23. The molecule has 2 aromatic heterocycles. The van der Waals surface area contributed by atoms with E-state index in [1.807, 2.05) is 12.1 Å². The summed E-state index contributed by atoms with van der Waals surface area (Å²) < 4.78 is 8.62. The van der Waals surface area contributed by atoms with E-state index in [9.17, 15) is 0 Å². The fourth-order valence-electron chi connectivity index (χ4n) is 11.1. The lowest BCUT2D eigenvalue weighted by Crippen LogP contribution is -2.09. The van der Waals surface area contributed by atoms with Gasteiger partial charge in [-0.15, -0.1) is 0 Å². The smallest absolute Gasteiger partial charge is 0.135 e. The molecule has 0 fully saturated rings. The summed E-state index contributed by atoms with van der Waals surface area (Å²) in [6.45, 7) is 0. The Labute approximate surface area is 423 Å². The number of benzene rings is 12. The van der Waals surface area contributed by atoms with Gasteiger partial charge >= 0.3 is 0 Å². The van der Waals surface area contributed by atoms with Gasteiger partial charge in [0.05, 0.1) is 11.0 Å². The van der Waals surface area contributed by atoms with Crippen LogP contribution in [0.5, 0.6) is 0 Å². The molecule has 14 rings (SSSR count). The Morgan fingerprint density at radius 3 is 1.40 bits per heavy atom. The Bertz CT molecular complexity index is 4340. The number of aromatic nitrogens is 1. The summed E-state index contributed by atoms with van der Waals surface area (Å²) >= 11 is 0. The predicted molar refractivity (Wildman–Crippen MR) is 307 cm³/mol. The van der Waals surface area contributed by atoms with Gasteiger partial charge in [-0.3, -0.25) is 0 Å². The Hall–Kier alpha value is -9.70. The largest absolute Gasteiger partial charge is 0.456 e. The monoisotopic (exact) mass is 930 g/mol. The van der Waals surface area contributed by atoms with Crippen molar-refractivity contribution in [2.24, 2.45) is 0 Å². The molecule has 0 amide bonds. The standard InChI is InChI=1S/C70H46N2O/c1-3-15-49(16-4-1)58-20-9-11-23-61(58)62-24-12-10-21-59(62)51-31-40-57(41-32-51)71(55-36-27-47(28-37-55)52-35-44-69-66(45-52)64-25-13-14-26-68(64)73-69)56-38-29-48(30-39-56)53-34-42-63-65-43-33-50-17-7-8-22-60(50)70(65)72(67(63)46-53)54-18-5-2-6-19-54/h1-46H. The number of fused-ring (bicyclic) bond motifs is 8. The van der Waals surface area contributed by atoms with E-state index in [1.165, 1.54) is 66.0 Å². The number of hydrogen-bond acceptors (Lipinski definition) is 2. The highest BCUT2D eigenvalue weighted by Crippen LogP contribution is 2.43. The van der Waals surface area contributed by atoms with Crippen LogP contribution in [0.15, 0.2) is 283 Å². The first kappa shape index (κ1) is 42.2. The van der Waals surface area contributed by atoms with Gasteiger partial charge in [-0.1, -0.05) is 206 Å². The van der Waals surface area contributed by atoms with Crippen molar-refractivity contribution < 1.29 is 4.42 Å². The molecular weight excluding hydrogens is 885 g/mol. The second kappa shape index (κ2) is 17.6. The molecule has 0 atom stereocenters. The summed E-state index contributed by atoms with van der Waals surface area (Å²) in [5.41, 5.74) is 20.4. The number of furan rings is 1. The summed E-state index contributed by atoms with van der Waals surface area (Å²) in [7, 11) is 0. The van der Waals surface area contributed by atoms with Gasteiger partial charge in [0.25, 0.3) is 0 Å². The third kappa shape index (κ3) is 7.37. The zero-order valence-electron chi connectivity index (χ0n) is 39.9. The first-order valence-electron chi connectivity index (χ1n) is 25.0. The summed E-state index contributed by atoms with van der Waals surface area (Å²) in [6, 6.07) is 101. The van der Waals surface area contributed by atoms with Crippen LogP contribution in [-0.2, 0) is 0 Å². The molecule has 12 aromatic carbocycles. The molecular formula is C70H46N2O. The van der Waals surface area contributed by atoms with Crippen molar-refractivity contribution >= 4 is 71.6 Å². The van der Waals surface area contributed by atoms with Crippen LogP contribution in [0.2, 0.25) is 0 Å². The number of nitrogens with zero attached hydrogens (tertiary/aromatic N) is 2. The molecule has 0 saturated heterocycles. The quantitative estimate of drug-likeness (QED) is 0.144. The molecule has 342 valence electrons. The van der Waals surface area contributed by atoms with Gasteiger partial charge in [0.2, 0.25) is 0 Å². The molecule has 0 unspecified atom stereocenters. The number of hydrogen-bond donors (Lipinski definition) is 0. The molecule has 14 aromatic rings. The molecule has 0 N–H and O–H groups in total. The Kier molecular flexibility index (Phi) is 10.2. The first-order chi connectivity index (χ1) is 36.2. The second-order valence-electron chi connectivity index (χ2n) is 18.8. The third-order valence-electron chi connectivity index (χ3n) is 14.6. The Morgan fingerprint density at radius 2 is 0.740 bits per heavy atom. The molecule has 3 nitrogen and oxygen atoms in total. The third-order valence-corrected chi connectivity index (χ3v) is 14.6. The van der Waals surface area contributed by atoms with Gasteiger partial charge < -0.3 is 13.9 Å². The predicted octanol–water partition coefficient (Wildman–Crippen LogP) is 19.6. The molecule has 0 spiro atoms. The van der Waals surface area contributed by atoms with Gasteiger partial charge in [0, 0.05) is 49.7 Å². The molecule has 3 heteroatoms. The van der Waals surface area contributed by atoms with E-state index in [4.69, 9.17) is 4.42 Å². The van der Waals surface area contributed by atoms with Crippen LogP contribution in [0.3, 0.4) is 0 Å².